The first-order valence-corrected chi connectivity index (χ1v) is 7.01. The Morgan fingerprint density at radius 2 is 2.05 bits per heavy atom. The number of rotatable bonds is 3. The summed E-state index contributed by atoms with van der Waals surface area (Å²) in [5, 5.41) is 5.19. The molecule has 1 aliphatic heterocycles. The maximum absolute atomic E-state index is 6.30. The van der Waals surface area contributed by atoms with Gasteiger partial charge in [-0.15, -0.1) is 0 Å². The first-order chi connectivity index (χ1) is 9.70. The minimum absolute atomic E-state index is 0.383. The Bertz CT molecular complexity index is 583. The quantitative estimate of drug-likeness (QED) is 0.874. The summed E-state index contributed by atoms with van der Waals surface area (Å²) in [6.45, 7) is 1.59. The molecule has 3 rings (SSSR count). The molecule has 2 aromatic rings. The van der Waals surface area contributed by atoms with Crippen LogP contribution in [0.2, 0.25) is 10.0 Å². The lowest BCUT2D eigenvalue weighted by Crippen LogP contribution is -2.42. The molecule has 7 heteroatoms. The maximum atomic E-state index is 6.30. The molecule has 106 valence electrons. The molecule has 1 aliphatic rings. The largest absolute Gasteiger partial charge is 0.344 e. The van der Waals surface area contributed by atoms with Crippen LogP contribution >= 0.6 is 23.2 Å². The molecule has 1 aromatic carbocycles. The highest BCUT2D eigenvalue weighted by Crippen LogP contribution is 2.37. The lowest BCUT2D eigenvalue weighted by atomic mass is 10.0. The average Bonchev–Trinajstić information content (AvgIpc) is 2.92. The van der Waals surface area contributed by atoms with E-state index in [9.17, 15) is 0 Å². The van der Waals surface area contributed by atoms with Crippen molar-refractivity contribution in [2.45, 2.75) is 18.8 Å². The fraction of sp³-hybridized carbons (Fsp3) is 0.385. The average molecular weight is 314 g/mol. The second kappa shape index (κ2) is 5.69. The van der Waals surface area contributed by atoms with Gasteiger partial charge in [-0.2, -0.15) is 5.10 Å². The summed E-state index contributed by atoms with van der Waals surface area (Å²) in [6.07, 6.45) is 3.94. The van der Waals surface area contributed by atoms with Gasteiger partial charge in [0.2, 0.25) is 5.79 Å². The molecule has 0 bridgehead atoms. The Hall–Kier alpha value is -1.14. The van der Waals surface area contributed by atoms with Crippen LogP contribution in [0.25, 0.3) is 0 Å². The van der Waals surface area contributed by atoms with E-state index in [1.165, 1.54) is 6.33 Å². The van der Waals surface area contributed by atoms with Crippen LogP contribution in [0.15, 0.2) is 30.9 Å². The summed E-state index contributed by atoms with van der Waals surface area (Å²) in [4.78, 5) is 3.94. The lowest BCUT2D eigenvalue weighted by Gasteiger charge is -2.37. The zero-order chi connectivity index (χ0) is 14.0. The van der Waals surface area contributed by atoms with Crippen molar-refractivity contribution in [2.24, 2.45) is 0 Å². The van der Waals surface area contributed by atoms with Crippen LogP contribution in [0.5, 0.6) is 0 Å². The standard InChI is InChI=1S/C13H13Cl2N3O2/c14-10-2-3-11(12(15)6-10)13(19-4-1-5-20-13)7-18-9-16-8-17-18/h2-3,6,8-9H,1,4-5,7H2. The summed E-state index contributed by atoms with van der Waals surface area (Å²) < 4.78 is 13.5. The van der Waals surface area contributed by atoms with Gasteiger partial charge in [0.25, 0.3) is 0 Å². The SMILES string of the molecule is Clc1ccc(C2(Cn3cncn3)OCCCO2)c(Cl)c1. The van der Waals surface area contributed by atoms with E-state index in [-0.39, 0.29) is 0 Å². The van der Waals surface area contributed by atoms with Crippen molar-refractivity contribution in [3.63, 3.8) is 0 Å². The Labute approximate surface area is 126 Å². The van der Waals surface area contributed by atoms with Gasteiger partial charge in [-0.1, -0.05) is 29.3 Å². The molecule has 0 atom stereocenters. The van der Waals surface area contributed by atoms with Crippen molar-refractivity contribution in [3.05, 3.63) is 46.5 Å². The van der Waals surface area contributed by atoms with Crippen LogP contribution in [-0.2, 0) is 21.8 Å². The molecular weight excluding hydrogens is 301 g/mol. The third-order valence-corrected chi connectivity index (χ3v) is 3.69. The van der Waals surface area contributed by atoms with Gasteiger partial charge in [-0.3, -0.25) is 0 Å². The van der Waals surface area contributed by atoms with E-state index in [1.807, 2.05) is 6.07 Å². The fourth-order valence-corrected chi connectivity index (χ4v) is 2.79. The molecule has 2 heterocycles. The number of hydrogen-bond acceptors (Lipinski definition) is 4. The second-order valence-electron chi connectivity index (χ2n) is 4.52. The molecule has 0 amide bonds. The van der Waals surface area contributed by atoms with Crippen molar-refractivity contribution >= 4 is 23.2 Å². The van der Waals surface area contributed by atoms with Gasteiger partial charge in [-0.05, 0) is 18.6 Å². The number of aromatic nitrogens is 3. The van der Waals surface area contributed by atoms with Crippen molar-refractivity contribution in [2.75, 3.05) is 13.2 Å². The van der Waals surface area contributed by atoms with Crippen molar-refractivity contribution in [1.29, 1.82) is 0 Å². The van der Waals surface area contributed by atoms with Gasteiger partial charge in [0.05, 0.1) is 18.2 Å². The number of ether oxygens (including phenoxy) is 2. The van der Waals surface area contributed by atoms with Gasteiger partial charge < -0.3 is 9.47 Å². The highest BCUT2D eigenvalue weighted by Gasteiger charge is 2.39. The van der Waals surface area contributed by atoms with Crippen LogP contribution < -0.4 is 0 Å². The van der Waals surface area contributed by atoms with Crippen LogP contribution in [0.4, 0.5) is 0 Å². The Balaban J connectivity index is 2.00. The number of halogens is 2. The van der Waals surface area contributed by atoms with Gasteiger partial charge >= 0.3 is 0 Å². The van der Waals surface area contributed by atoms with Crippen molar-refractivity contribution in [3.8, 4) is 0 Å². The molecule has 0 aliphatic carbocycles. The van der Waals surface area contributed by atoms with Gasteiger partial charge in [-0.25, -0.2) is 9.67 Å². The van der Waals surface area contributed by atoms with E-state index in [0.29, 0.717) is 29.8 Å². The third-order valence-electron chi connectivity index (χ3n) is 3.14. The zero-order valence-electron chi connectivity index (χ0n) is 10.6. The maximum Gasteiger partial charge on any atom is 0.216 e. The van der Waals surface area contributed by atoms with Gasteiger partial charge in [0.1, 0.15) is 19.2 Å². The summed E-state index contributed by atoms with van der Waals surface area (Å²) >= 11 is 12.3. The Morgan fingerprint density at radius 1 is 1.25 bits per heavy atom. The normalized spacial score (nSPS) is 18.1. The van der Waals surface area contributed by atoms with Crippen LogP contribution in [-0.4, -0.2) is 28.0 Å². The molecule has 1 aromatic heterocycles. The van der Waals surface area contributed by atoms with E-state index in [4.69, 9.17) is 32.7 Å². The summed E-state index contributed by atoms with van der Waals surface area (Å²) in [5.74, 6) is -0.951. The first-order valence-electron chi connectivity index (χ1n) is 6.25. The number of hydrogen-bond donors (Lipinski definition) is 0. The lowest BCUT2D eigenvalue weighted by molar-refractivity contribution is -0.284. The third kappa shape index (κ3) is 2.67. The van der Waals surface area contributed by atoms with E-state index in [1.54, 1.807) is 23.1 Å². The molecule has 5 nitrogen and oxygen atoms in total. The van der Waals surface area contributed by atoms with Crippen molar-refractivity contribution in [1.82, 2.24) is 14.8 Å². The van der Waals surface area contributed by atoms with E-state index >= 15 is 0 Å². The second-order valence-corrected chi connectivity index (χ2v) is 5.36. The summed E-state index contributed by atoms with van der Waals surface area (Å²) in [7, 11) is 0. The van der Waals surface area contributed by atoms with Gasteiger partial charge in [0.15, 0.2) is 0 Å². The number of benzene rings is 1. The monoisotopic (exact) mass is 313 g/mol. The zero-order valence-corrected chi connectivity index (χ0v) is 12.1. The van der Waals surface area contributed by atoms with Crippen LogP contribution in [0.1, 0.15) is 12.0 Å². The van der Waals surface area contributed by atoms with E-state index < -0.39 is 5.79 Å². The molecule has 20 heavy (non-hydrogen) atoms. The van der Waals surface area contributed by atoms with Crippen LogP contribution in [0.3, 0.4) is 0 Å². The van der Waals surface area contributed by atoms with Gasteiger partial charge in [0, 0.05) is 10.6 Å². The summed E-state index contributed by atoms with van der Waals surface area (Å²) in [6, 6.07) is 5.28. The molecule has 0 unspecified atom stereocenters. The number of nitrogens with zero attached hydrogens (tertiary/aromatic N) is 3. The van der Waals surface area contributed by atoms with Crippen LogP contribution in [0, 0.1) is 0 Å². The molecule has 1 saturated heterocycles. The Kier molecular flexibility index (Phi) is 3.94. The first kappa shape index (κ1) is 13.8. The predicted octanol–water partition coefficient (Wildman–Crippen LogP) is 2.87. The molecular formula is C13H13Cl2N3O2. The van der Waals surface area contributed by atoms with E-state index in [0.717, 1.165) is 12.0 Å². The molecule has 0 saturated carbocycles. The van der Waals surface area contributed by atoms with E-state index in [2.05, 4.69) is 10.1 Å². The highest BCUT2D eigenvalue weighted by atomic mass is 35.5. The molecule has 0 radical (unpaired) electrons. The molecule has 1 fully saturated rings. The topological polar surface area (TPSA) is 49.2 Å². The smallest absolute Gasteiger partial charge is 0.216 e. The predicted molar refractivity (Wildman–Crippen MR) is 74.7 cm³/mol. The summed E-state index contributed by atoms with van der Waals surface area (Å²) in [5.41, 5.74) is 0.749. The molecule has 0 spiro atoms. The Morgan fingerprint density at radius 3 is 2.70 bits per heavy atom. The van der Waals surface area contributed by atoms with Crippen molar-refractivity contribution < 1.29 is 9.47 Å². The minimum atomic E-state index is -0.951. The fourth-order valence-electron chi connectivity index (χ4n) is 2.23. The minimum Gasteiger partial charge on any atom is -0.344 e. The highest BCUT2D eigenvalue weighted by molar-refractivity contribution is 6.35. The molecule has 0 N–H and O–H groups in total.